The van der Waals surface area contributed by atoms with Crippen molar-refractivity contribution in [2.45, 2.75) is 6.54 Å². The van der Waals surface area contributed by atoms with E-state index in [0.29, 0.717) is 23.7 Å². The van der Waals surface area contributed by atoms with E-state index in [1.807, 2.05) is 41.0 Å². The van der Waals surface area contributed by atoms with E-state index in [4.69, 9.17) is 8.53 Å². The van der Waals surface area contributed by atoms with Crippen molar-refractivity contribution in [1.29, 1.82) is 0 Å². The first kappa shape index (κ1) is 7.85. The lowest BCUT2D eigenvalue weighted by molar-refractivity contribution is -0.648. The highest BCUT2D eigenvalue weighted by Gasteiger charge is 2.37. The smallest absolute Gasteiger partial charge is 0.379 e. The molecule has 20 heavy (non-hydrogen) atoms. The van der Waals surface area contributed by atoms with Gasteiger partial charge in [0.2, 0.25) is 0 Å². The molecule has 1 aliphatic heterocycles. The van der Waals surface area contributed by atoms with Gasteiger partial charge in [-0.15, -0.1) is 4.57 Å². The Hall–Kier alpha value is -2.62. The van der Waals surface area contributed by atoms with Crippen molar-refractivity contribution < 1.29 is 13.1 Å². The summed E-state index contributed by atoms with van der Waals surface area (Å²) in [5.41, 5.74) is 3.70. The summed E-state index contributed by atoms with van der Waals surface area (Å²) in [6.07, 6.45) is 1.72. The standard InChI is InChI=1S/C16H12N3O/c1-18-12-7-3-2-6-11(12)14-16(18)20-15-13-10(9-19(14)15)5-4-8-17-13/h2-8H,9H2,1H3/q+1/i1D3. The van der Waals surface area contributed by atoms with Gasteiger partial charge in [0.1, 0.15) is 0 Å². The summed E-state index contributed by atoms with van der Waals surface area (Å²) in [4.78, 5) is 4.38. The number of hydrogen-bond acceptors (Lipinski definition) is 2. The number of rotatable bonds is 0. The molecule has 4 aromatic rings. The quantitative estimate of drug-likeness (QED) is 0.403. The third kappa shape index (κ3) is 1.04. The minimum Gasteiger partial charge on any atom is -0.379 e. The minimum absolute atomic E-state index is 0.373. The lowest BCUT2D eigenvalue weighted by atomic mass is 10.2. The van der Waals surface area contributed by atoms with Crippen LogP contribution in [0.4, 0.5) is 0 Å². The average Bonchev–Trinajstić information content (AvgIpc) is 3.12. The molecular formula is C16H12N3O+. The van der Waals surface area contributed by atoms with Crippen LogP contribution in [0.2, 0.25) is 0 Å². The summed E-state index contributed by atoms with van der Waals surface area (Å²) >= 11 is 0. The van der Waals surface area contributed by atoms with E-state index in [1.165, 1.54) is 4.57 Å². The molecule has 96 valence electrons. The van der Waals surface area contributed by atoms with E-state index in [9.17, 15) is 0 Å². The summed E-state index contributed by atoms with van der Waals surface area (Å²) in [7, 11) is 0. The molecule has 0 aliphatic carbocycles. The zero-order valence-electron chi connectivity index (χ0n) is 13.5. The van der Waals surface area contributed by atoms with Crippen LogP contribution in [0.1, 0.15) is 9.68 Å². The molecule has 0 atom stereocenters. The summed E-state index contributed by atoms with van der Waals surface area (Å²) < 4.78 is 32.9. The molecule has 1 aromatic carbocycles. The average molecular weight is 265 g/mol. The zero-order valence-corrected chi connectivity index (χ0v) is 10.5. The van der Waals surface area contributed by atoms with Gasteiger partial charge >= 0.3 is 5.89 Å². The van der Waals surface area contributed by atoms with Crippen molar-refractivity contribution in [2.24, 2.45) is 6.98 Å². The van der Waals surface area contributed by atoms with Crippen molar-refractivity contribution in [3.63, 3.8) is 0 Å². The lowest BCUT2D eigenvalue weighted by Crippen LogP contribution is -2.30. The maximum atomic E-state index is 7.86. The maximum absolute atomic E-state index is 7.86. The maximum Gasteiger partial charge on any atom is 0.402 e. The SMILES string of the molecule is [2H]C([2H])([2H])n1c2ccccc2c2c1oc1[n+]2Cc2cccnc2-1. The zero-order chi connectivity index (χ0) is 15.8. The second-order valence-corrected chi connectivity index (χ2v) is 5.01. The Morgan fingerprint density at radius 2 is 2.25 bits per heavy atom. The van der Waals surface area contributed by atoms with Crippen molar-refractivity contribution in [1.82, 2.24) is 9.55 Å². The van der Waals surface area contributed by atoms with Crippen molar-refractivity contribution >= 4 is 22.1 Å². The normalized spacial score (nSPS) is 15.9. The molecule has 0 bridgehead atoms. The summed E-state index contributed by atoms with van der Waals surface area (Å²) in [5.74, 6) is 0.620. The Kier molecular flexibility index (Phi) is 1.29. The second-order valence-electron chi connectivity index (χ2n) is 5.01. The van der Waals surface area contributed by atoms with Gasteiger partial charge in [-0.25, -0.2) is 4.98 Å². The highest BCUT2D eigenvalue weighted by atomic mass is 16.4. The Morgan fingerprint density at radius 3 is 3.20 bits per heavy atom. The summed E-state index contributed by atoms with van der Waals surface area (Å²) in [6.45, 7) is -1.67. The fourth-order valence-electron chi connectivity index (χ4n) is 3.06. The van der Waals surface area contributed by atoms with Crippen LogP contribution in [0.3, 0.4) is 0 Å². The first-order valence-corrected chi connectivity index (χ1v) is 6.46. The molecule has 0 radical (unpaired) electrons. The van der Waals surface area contributed by atoms with Crippen LogP contribution in [0.15, 0.2) is 47.0 Å². The molecule has 0 amide bonds. The van der Waals surface area contributed by atoms with Crippen LogP contribution in [-0.4, -0.2) is 9.55 Å². The van der Waals surface area contributed by atoms with Crippen molar-refractivity contribution in [2.75, 3.05) is 0 Å². The monoisotopic (exact) mass is 265 g/mol. The number of para-hydroxylation sites is 1. The molecule has 4 heteroatoms. The van der Waals surface area contributed by atoms with Gasteiger partial charge in [0.25, 0.3) is 11.2 Å². The molecule has 0 saturated heterocycles. The van der Waals surface area contributed by atoms with Gasteiger partial charge in [0.15, 0.2) is 12.2 Å². The second kappa shape index (κ2) is 3.28. The molecule has 0 fully saturated rings. The lowest BCUT2D eigenvalue weighted by Gasteiger charge is -1.93. The summed E-state index contributed by atoms with van der Waals surface area (Å²) in [5, 5.41) is 0.876. The van der Waals surface area contributed by atoms with Gasteiger partial charge in [-0.3, -0.25) is 0 Å². The number of nitrogens with zero attached hydrogens (tertiary/aromatic N) is 3. The first-order valence-electron chi connectivity index (χ1n) is 7.96. The van der Waals surface area contributed by atoms with Crippen LogP contribution in [0, 0.1) is 0 Å². The Balaban J connectivity index is 1.96. The number of fused-ring (bicyclic) bond motifs is 7. The van der Waals surface area contributed by atoms with E-state index in [0.717, 1.165) is 22.2 Å². The van der Waals surface area contributed by atoms with Gasteiger partial charge in [0.05, 0.1) is 16.5 Å². The van der Waals surface area contributed by atoms with E-state index >= 15 is 0 Å². The molecule has 3 aromatic heterocycles. The van der Waals surface area contributed by atoms with E-state index in [-0.39, 0.29) is 0 Å². The molecule has 1 aliphatic rings. The fraction of sp³-hybridized carbons (Fsp3) is 0.125. The molecule has 0 unspecified atom stereocenters. The number of aryl methyl sites for hydroxylation is 1. The number of oxazole rings is 1. The molecule has 4 nitrogen and oxygen atoms in total. The topological polar surface area (TPSA) is 34.8 Å². The predicted molar refractivity (Wildman–Crippen MR) is 75.2 cm³/mol. The van der Waals surface area contributed by atoms with Crippen LogP contribution >= 0.6 is 0 Å². The van der Waals surface area contributed by atoms with Crippen LogP contribution in [0.5, 0.6) is 0 Å². The third-order valence-electron chi connectivity index (χ3n) is 3.94. The summed E-state index contributed by atoms with van der Waals surface area (Å²) in [6, 6.07) is 11.4. The highest BCUT2D eigenvalue weighted by molar-refractivity contribution is 6.02. The molecule has 4 heterocycles. The van der Waals surface area contributed by atoms with E-state index in [2.05, 4.69) is 4.98 Å². The first-order chi connectivity index (χ1) is 11.1. The van der Waals surface area contributed by atoms with Crippen molar-refractivity contribution in [3.8, 4) is 11.6 Å². The highest BCUT2D eigenvalue weighted by Crippen LogP contribution is 2.33. The van der Waals surface area contributed by atoms with Gasteiger partial charge in [-0.2, -0.15) is 0 Å². The Labute approximate surface area is 119 Å². The molecule has 0 saturated carbocycles. The van der Waals surface area contributed by atoms with Crippen LogP contribution in [-0.2, 0) is 13.5 Å². The molecular weight excluding hydrogens is 250 g/mol. The number of hydrogen-bond donors (Lipinski definition) is 0. The van der Waals surface area contributed by atoms with E-state index < -0.39 is 6.98 Å². The van der Waals surface area contributed by atoms with Gasteiger partial charge in [0, 0.05) is 17.3 Å². The van der Waals surface area contributed by atoms with Gasteiger partial charge < -0.3 is 8.98 Å². The van der Waals surface area contributed by atoms with Crippen molar-refractivity contribution in [3.05, 3.63) is 48.2 Å². The molecule has 0 N–H and O–H groups in total. The molecule has 0 spiro atoms. The predicted octanol–water partition coefficient (Wildman–Crippen LogP) is 2.64. The van der Waals surface area contributed by atoms with Gasteiger partial charge in [-0.1, -0.05) is 12.1 Å². The third-order valence-corrected chi connectivity index (χ3v) is 3.94. The van der Waals surface area contributed by atoms with Gasteiger partial charge in [-0.05, 0) is 24.3 Å². The largest absolute Gasteiger partial charge is 0.402 e. The molecule has 5 rings (SSSR count). The Bertz CT molecular complexity index is 1090. The number of pyridine rings is 1. The number of aromatic nitrogens is 3. The minimum atomic E-state index is -2.31. The fourth-order valence-corrected chi connectivity index (χ4v) is 3.06. The van der Waals surface area contributed by atoms with E-state index in [1.54, 1.807) is 6.20 Å². The number of benzene rings is 1. The van der Waals surface area contributed by atoms with Crippen LogP contribution in [0.25, 0.3) is 33.7 Å². The Morgan fingerprint density at radius 1 is 1.30 bits per heavy atom. The van der Waals surface area contributed by atoms with Crippen LogP contribution < -0.4 is 4.57 Å².